The summed E-state index contributed by atoms with van der Waals surface area (Å²) in [6, 6.07) is 8.23. The number of aliphatic hydroxyl groups is 1. The van der Waals surface area contributed by atoms with Crippen LogP contribution in [0.5, 0.6) is 5.75 Å². The van der Waals surface area contributed by atoms with Gasteiger partial charge in [-0.15, -0.1) is 0 Å². The topological polar surface area (TPSA) is 63.4 Å². The van der Waals surface area contributed by atoms with E-state index in [1.165, 1.54) is 5.56 Å². The SMILES string of the molecule is CCn1ncc2c(OC)c3c(nc21)C(O)(CCCN(C)C)c1ccccc1CC3. The zero-order valence-electron chi connectivity index (χ0n) is 17.8. The smallest absolute Gasteiger partial charge is 0.161 e. The second-order valence-electron chi connectivity index (χ2n) is 8.09. The van der Waals surface area contributed by atoms with Gasteiger partial charge in [0, 0.05) is 12.1 Å². The summed E-state index contributed by atoms with van der Waals surface area (Å²) in [5.41, 5.74) is 3.49. The number of aromatic nitrogens is 3. The number of benzene rings is 1. The summed E-state index contributed by atoms with van der Waals surface area (Å²) in [6.07, 6.45) is 4.94. The molecule has 154 valence electrons. The van der Waals surface area contributed by atoms with Gasteiger partial charge in [0.25, 0.3) is 0 Å². The third-order valence-corrected chi connectivity index (χ3v) is 5.98. The molecule has 1 aromatic carbocycles. The number of pyridine rings is 1. The number of methoxy groups -OCH3 is 1. The van der Waals surface area contributed by atoms with Gasteiger partial charge in [0.2, 0.25) is 0 Å². The third-order valence-electron chi connectivity index (χ3n) is 5.98. The van der Waals surface area contributed by atoms with E-state index in [9.17, 15) is 5.11 Å². The molecule has 1 N–H and O–H groups in total. The molecule has 0 saturated carbocycles. The first kappa shape index (κ1) is 19.9. The average Bonchev–Trinajstić information content (AvgIpc) is 3.08. The highest BCUT2D eigenvalue weighted by Gasteiger charge is 2.40. The molecule has 2 aromatic heterocycles. The molecule has 6 heteroatoms. The predicted octanol–water partition coefficient (Wildman–Crippen LogP) is 3.14. The molecule has 0 bridgehead atoms. The van der Waals surface area contributed by atoms with Crippen molar-refractivity contribution >= 4 is 11.0 Å². The fourth-order valence-corrected chi connectivity index (χ4v) is 4.57. The maximum Gasteiger partial charge on any atom is 0.161 e. The molecule has 1 atom stereocenters. The fraction of sp³-hybridized carbons (Fsp3) is 0.478. The zero-order valence-corrected chi connectivity index (χ0v) is 17.8. The second kappa shape index (κ2) is 7.76. The van der Waals surface area contributed by atoms with E-state index in [1.807, 2.05) is 29.9 Å². The summed E-state index contributed by atoms with van der Waals surface area (Å²) in [7, 11) is 5.81. The monoisotopic (exact) mass is 394 g/mol. The highest BCUT2D eigenvalue weighted by atomic mass is 16.5. The minimum Gasteiger partial charge on any atom is -0.496 e. The molecular weight excluding hydrogens is 364 g/mol. The number of fused-ring (bicyclic) bond motifs is 3. The molecule has 1 aliphatic carbocycles. The van der Waals surface area contributed by atoms with Crippen LogP contribution in [-0.2, 0) is 25.0 Å². The van der Waals surface area contributed by atoms with Crippen molar-refractivity contribution in [2.24, 2.45) is 0 Å². The van der Waals surface area contributed by atoms with Crippen LogP contribution >= 0.6 is 0 Å². The Bertz CT molecular complexity index is 1030. The summed E-state index contributed by atoms with van der Waals surface area (Å²) < 4.78 is 7.73. The number of nitrogens with zero attached hydrogens (tertiary/aromatic N) is 4. The van der Waals surface area contributed by atoms with Gasteiger partial charge in [-0.05, 0) is 64.4 Å². The van der Waals surface area contributed by atoms with Crippen molar-refractivity contribution in [1.29, 1.82) is 0 Å². The summed E-state index contributed by atoms with van der Waals surface area (Å²) >= 11 is 0. The van der Waals surface area contributed by atoms with Crippen molar-refractivity contribution in [1.82, 2.24) is 19.7 Å². The molecule has 0 radical (unpaired) electrons. The minimum absolute atomic E-state index is 0.608. The van der Waals surface area contributed by atoms with Crippen molar-refractivity contribution in [2.75, 3.05) is 27.7 Å². The molecular formula is C23H30N4O2. The Kier molecular flexibility index (Phi) is 5.32. The van der Waals surface area contributed by atoms with Crippen LogP contribution in [0.2, 0.25) is 0 Å². The second-order valence-corrected chi connectivity index (χ2v) is 8.09. The largest absolute Gasteiger partial charge is 0.496 e. The number of rotatable bonds is 6. The van der Waals surface area contributed by atoms with Crippen LogP contribution in [-0.4, -0.2) is 52.5 Å². The lowest BCUT2D eigenvalue weighted by Gasteiger charge is -2.31. The molecule has 2 heterocycles. The van der Waals surface area contributed by atoms with Gasteiger partial charge in [-0.2, -0.15) is 5.10 Å². The van der Waals surface area contributed by atoms with Crippen LogP contribution in [0.1, 0.15) is 42.1 Å². The summed E-state index contributed by atoms with van der Waals surface area (Å²) in [5, 5.41) is 17.6. The zero-order chi connectivity index (χ0) is 20.6. The van der Waals surface area contributed by atoms with Gasteiger partial charge >= 0.3 is 0 Å². The Hall–Kier alpha value is -2.44. The Morgan fingerprint density at radius 2 is 2.03 bits per heavy atom. The van der Waals surface area contributed by atoms with E-state index in [4.69, 9.17) is 9.72 Å². The van der Waals surface area contributed by atoms with Crippen LogP contribution in [0.3, 0.4) is 0 Å². The van der Waals surface area contributed by atoms with E-state index in [0.717, 1.165) is 59.4 Å². The maximum absolute atomic E-state index is 12.2. The quantitative estimate of drug-likeness (QED) is 0.696. The molecule has 1 aliphatic rings. The summed E-state index contributed by atoms with van der Waals surface area (Å²) in [6.45, 7) is 3.67. The van der Waals surface area contributed by atoms with Crippen molar-refractivity contribution in [2.45, 2.75) is 44.8 Å². The molecule has 0 fully saturated rings. The number of hydrogen-bond donors (Lipinski definition) is 1. The Morgan fingerprint density at radius 3 is 2.76 bits per heavy atom. The van der Waals surface area contributed by atoms with Gasteiger partial charge in [-0.25, -0.2) is 9.67 Å². The van der Waals surface area contributed by atoms with Gasteiger partial charge in [0.05, 0.1) is 24.4 Å². The Balaban J connectivity index is 1.97. The summed E-state index contributed by atoms with van der Waals surface area (Å²) in [5.74, 6) is 0.795. The van der Waals surface area contributed by atoms with Crippen molar-refractivity contribution in [3.63, 3.8) is 0 Å². The van der Waals surface area contributed by atoms with Crippen molar-refractivity contribution in [3.05, 3.63) is 52.8 Å². The highest BCUT2D eigenvalue weighted by Crippen LogP contribution is 2.44. The third kappa shape index (κ3) is 3.30. The number of ether oxygens (including phenoxy) is 1. The highest BCUT2D eigenvalue weighted by molar-refractivity contribution is 5.84. The molecule has 4 rings (SSSR count). The average molecular weight is 395 g/mol. The van der Waals surface area contributed by atoms with Gasteiger partial charge in [-0.1, -0.05) is 24.3 Å². The molecule has 1 unspecified atom stereocenters. The van der Waals surface area contributed by atoms with Crippen molar-refractivity contribution < 1.29 is 9.84 Å². The van der Waals surface area contributed by atoms with Crippen molar-refractivity contribution in [3.8, 4) is 5.75 Å². The van der Waals surface area contributed by atoms with E-state index in [1.54, 1.807) is 7.11 Å². The van der Waals surface area contributed by atoms with E-state index in [0.29, 0.717) is 13.0 Å². The van der Waals surface area contributed by atoms with E-state index < -0.39 is 5.60 Å². The van der Waals surface area contributed by atoms with Gasteiger partial charge in [0.15, 0.2) is 5.65 Å². The maximum atomic E-state index is 12.2. The van der Waals surface area contributed by atoms with E-state index >= 15 is 0 Å². The molecule has 0 saturated heterocycles. The molecule has 0 spiro atoms. The first-order chi connectivity index (χ1) is 14.0. The molecule has 0 aliphatic heterocycles. The number of hydrogen-bond acceptors (Lipinski definition) is 5. The van der Waals surface area contributed by atoms with E-state index in [-0.39, 0.29) is 0 Å². The van der Waals surface area contributed by atoms with Crippen LogP contribution in [0.4, 0.5) is 0 Å². The molecule has 29 heavy (non-hydrogen) atoms. The lowest BCUT2D eigenvalue weighted by molar-refractivity contribution is 0.0614. The van der Waals surface area contributed by atoms with Crippen LogP contribution in [0, 0.1) is 0 Å². The lowest BCUT2D eigenvalue weighted by Crippen LogP contribution is -2.31. The van der Waals surface area contributed by atoms with Crippen LogP contribution in [0.25, 0.3) is 11.0 Å². The first-order valence-corrected chi connectivity index (χ1v) is 10.4. The molecule has 0 amide bonds. The Labute approximate surface area is 172 Å². The normalized spacial score (nSPS) is 18.6. The minimum atomic E-state index is -1.15. The van der Waals surface area contributed by atoms with Crippen LogP contribution < -0.4 is 4.74 Å². The van der Waals surface area contributed by atoms with Gasteiger partial charge < -0.3 is 14.7 Å². The molecule has 3 aromatic rings. The number of aryl methyl sites for hydroxylation is 2. The fourth-order valence-electron chi connectivity index (χ4n) is 4.57. The van der Waals surface area contributed by atoms with E-state index in [2.05, 4.69) is 36.2 Å². The lowest BCUT2D eigenvalue weighted by atomic mass is 9.82. The molecule has 6 nitrogen and oxygen atoms in total. The first-order valence-electron chi connectivity index (χ1n) is 10.4. The summed E-state index contributed by atoms with van der Waals surface area (Å²) in [4.78, 5) is 7.17. The van der Waals surface area contributed by atoms with Crippen LogP contribution in [0.15, 0.2) is 30.5 Å². The Morgan fingerprint density at radius 1 is 1.24 bits per heavy atom. The standard InChI is InChI=1S/C23H30N4O2/c1-5-27-22-18(15-24-27)20(29-4)17-12-11-16-9-6-7-10-19(16)23(28,21(17)25-22)13-8-14-26(2)3/h6-7,9-10,15,28H,5,8,11-14H2,1-4H3. The predicted molar refractivity (Wildman–Crippen MR) is 114 cm³/mol. The van der Waals surface area contributed by atoms with Gasteiger partial charge in [0.1, 0.15) is 11.4 Å². The van der Waals surface area contributed by atoms with Gasteiger partial charge in [-0.3, -0.25) is 0 Å².